The normalized spacial score (nSPS) is 13.8. The molecule has 2 amide bonds. The van der Waals surface area contributed by atoms with Crippen molar-refractivity contribution in [1.82, 2.24) is 30.5 Å². The molecule has 1 fully saturated rings. The van der Waals surface area contributed by atoms with Gasteiger partial charge in [-0.15, -0.1) is 0 Å². The summed E-state index contributed by atoms with van der Waals surface area (Å²) in [5, 5.41) is 14.6. The van der Waals surface area contributed by atoms with E-state index in [1.165, 1.54) is 13.2 Å². The van der Waals surface area contributed by atoms with Crippen molar-refractivity contribution >= 4 is 34.3 Å². The summed E-state index contributed by atoms with van der Waals surface area (Å²) in [7, 11) is 1.42. The zero-order valence-corrected chi connectivity index (χ0v) is 21.8. The first-order valence-electron chi connectivity index (χ1n) is 12.2. The standard InChI is InChI=1S/C27H23ClN6O5/c1-15-30-25(39-32-15)23-22(28)18-5-3-4-6-19(18)34(23)17-9-7-16(8-10-17)14-29-26(36)27(11-12-27)31-24(35)20-13-21(37-2)33-38-20/h3-10,13H,11-12,14H2,1-2H3,(H,29,36)(H,31,35). The van der Waals surface area contributed by atoms with Gasteiger partial charge in [0, 0.05) is 17.6 Å². The van der Waals surface area contributed by atoms with Crippen LogP contribution in [-0.2, 0) is 11.3 Å². The fourth-order valence-electron chi connectivity index (χ4n) is 4.44. The second kappa shape index (κ2) is 9.59. The zero-order chi connectivity index (χ0) is 27.1. The average Bonchev–Trinajstić information content (AvgIpc) is 3.26. The summed E-state index contributed by atoms with van der Waals surface area (Å²) in [5.74, 6) is 0.220. The molecular weight excluding hydrogens is 524 g/mol. The van der Waals surface area contributed by atoms with Crippen molar-refractivity contribution in [3.05, 3.63) is 76.8 Å². The van der Waals surface area contributed by atoms with Gasteiger partial charge in [-0.05, 0) is 48.7 Å². The molecule has 2 N–H and O–H groups in total. The number of carbonyl (C=O) groups is 2. The van der Waals surface area contributed by atoms with Gasteiger partial charge in [-0.3, -0.25) is 9.59 Å². The van der Waals surface area contributed by atoms with Gasteiger partial charge in [-0.1, -0.05) is 47.1 Å². The number of halogens is 1. The second-order valence-corrected chi connectivity index (χ2v) is 9.66. The van der Waals surface area contributed by atoms with Gasteiger partial charge in [0.1, 0.15) is 11.2 Å². The van der Waals surface area contributed by atoms with E-state index in [4.69, 9.17) is 25.4 Å². The number of hydrogen-bond acceptors (Lipinski definition) is 8. The highest BCUT2D eigenvalue weighted by molar-refractivity contribution is 6.38. The summed E-state index contributed by atoms with van der Waals surface area (Å²) in [4.78, 5) is 29.8. The number of carbonyl (C=O) groups excluding carboxylic acids is 2. The molecule has 0 bridgehead atoms. The van der Waals surface area contributed by atoms with Crippen LogP contribution in [0.25, 0.3) is 28.2 Å². The molecule has 11 nitrogen and oxygen atoms in total. The van der Waals surface area contributed by atoms with Crippen molar-refractivity contribution in [2.45, 2.75) is 31.8 Å². The fraction of sp³-hybridized carbons (Fsp3) is 0.222. The third kappa shape index (κ3) is 4.50. The molecule has 0 saturated heterocycles. The van der Waals surface area contributed by atoms with Crippen molar-refractivity contribution < 1.29 is 23.4 Å². The van der Waals surface area contributed by atoms with Gasteiger partial charge in [0.15, 0.2) is 5.82 Å². The first-order chi connectivity index (χ1) is 18.9. The van der Waals surface area contributed by atoms with Crippen molar-refractivity contribution in [2.24, 2.45) is 0 Å². The molecule has 3 aromatic heterocycles. The van der Waals surface area contributed by atoms with E-state index in [-0.39, 0.29) is 24.1 Å². The lowest BCUT2D eigenvalue weighted by atomic mass is 10.1. The number of benzene rings is 2. The Labute approximate surface area is 227 Å². The number of ether oxygens (including phenoxy) is 1. The zero-order valence-electron chi connectivity index (χ0n) is 21.0. The number of methoxy groups -OCH3 is 1. The largest absolute Gasteiger partial charge is 0.479 e. The summed E-state index contributed by atoms with van der Waals surface area (Å²) in [6.07, 6.45) is 1.07. The number of aromatic nitrogens is 4. The van der Waals surface area contributed by atoms with E-state index < -0.39 is 11.4 Å². The molecule has 1 aliphatic carbocycles. The van der Waals surface area contributed by atoms with Crippen LogP contribution in [0.5, 0.6) is 5.88 Å². The van der Waals surface area contributed by atoms with Gasteiger partial charge in [-0.25, -0.2) is 0 Å². The Hall–Kier alpha value is -4.64. The molecule has 12 heteroatoms. The van der Waals surface area contributed by atoms with Crippen LogP contribution in [0.4, 0.5) is 0 Å². The van der Waals surface area contributed by atoms with E-state index in [1.54, 1.807) is 6.92 Å². The smallest absolute Gasteiger partial charge is 0.290 e. The van der Waals surface area contributed by atoms with E-state index >= 15 is 0 Å². The monoisotopic (exact) mass is 546 g/mol. The Morgan fingerprint density at radius 2 is 1.87 bits per heavy atom. The third-order valence-electron chi connectivity index (χ3n) is 6.65. The minimum absolute atomic E-state index is 0.0192. The molecule has 39 heavy (non-hydrogen) atoms. The predicted molar refractivity (Wildman–Crippen MR) is 141 cm³/mol. The van der Waals surface area contributed by atoms with Crippen molar-refractivity contribution in [1.29, 1.82) is 0 Å². The summed E-state index contributed by atoms with van der Waals surface area (Å²) in [6.45, 7) is 2.04. The number of para-hydroxylation sites is 1. The number of aryl methyl sites for hydroxylation is 1. The molecule has 0 radical (unpaired) electrons. The maximum atomic E-state index is 12.9. The molecule has 0 aliphatic heterocycles. The molecule has 0 unspecified atom stereocenters. The molecule has 0 atom stereocenters. The molecule has 6 rings (SSSR count). The van der Waals surface area contributed by atoms with Crippen LogP contribution in [-0.4, -0.2) is 44.3 Å². The average molecular weight is 547 g/mol. The summed E-state index contributed by atoms with van der Waals surface area (Å²) < 4.78 is 17.3. The minimum Gasteiger partial charge on any atom is -0.479 e. The van der Waals surface area contributed by atoms with Crippen LogP contribution in [0.1, 0.15) is 34.8 Å². The van der Waals surface area contributed by atoms with E-state index in [9.17, 15) is 9.59 Å². The highest BCUT2D eigenvalue weighted by Gasteiger charge is 2.51. The van der Waals surface area contributed by atoms with Crippen LogP contribution in [0.3, 0.4) is 0 Å². The number of fused-ring (bicyclic) bond motifs is 1. The Bertz CT molecular complexity index is 1700. The number of nitrogens with one attached hydrogen (secondary N) is 2. The first kappa shape index (κ1) is 24.7. The van der Waals surface area contributed by atoms with Gasteiger partial charge in [0.2, 0.25) is 11.7 Å². The maximum Gasteiger partial charge on any atom is 0.290 e. The van der Waals surface area contributed by atoms with Crippen molar-refractivity contribution in [2.75, 3.05) is 7.11 Å². The lowest BCUT2D eigenvalue weighted by molar-refractivity contribution is -0.124. The quantitative estimate of drug-likeness (QED) is 0.295. The number of nitrogens with zero attached hydrogens (tertiary/aromatic N) is 4. The Kier molecular flexibility index (Phi) is 6.07. The first-order valence-corrected chi connectivity index (χ1v) is 12.6. The lowest BCUT2D eigenvalue weighted by Gasteiger charge is -2.16. The van der Waals surface area contributed by atoms with E-state index in [0.717, 1.165) is 22.2 Å². The SMILES string of the molecule is COc1cc(C(=O)NC2(C(=O)NCc3ccc(-n4c(-c5nc(C)no5)c(Cl)c5ccccc54)cc3)CC2)on1. The highest BCUT2D eigenvalue weighted by atomic mass is 35.5. The summed E-state index contributed by atoms with van der Waals surface area (Å²) in [5.41, 5.74) is 2.26. The predicted octanol–water partition coefficient (Wildman–Crippen LogP) is 4.22. The van der Waals surface area contributed by atoms with Gasteiger partial charge in [0.05, 0.1) is 23.7 Å². The van der Waals surface area contributed by atoms with Crippen LogP contribution >= 0.6 is 11.6 Å². The fourth-order valence-corrected chi connectivity index (χ4v) is 4.77. The Morgan fingerprint density at radius 1 is 1.10 bits per heavy atom. The highest BCUT2D eigenvalue weighted by Crippen LogP contribution is 2.39. The lowest BCUT2D eigenvalue weighted by Crippen LogP contribution is -2.48. The number of rotatable bonds is 8. The van der Waals surface area contributed by atoms with E-state index in [0.29, 0.717) is 35.3 Å². The molecular formula is C27H23ClN6O5. The van der Waals surface area contributed by atoms with Crippen molar-refractivity contribution in [3.8, 4) is 23.2 Å². The minimum atomic E-state index is -0.963. The molecule has 0 spiro atoms. The Balaban J connectivity index is 1.19. The number of hydrogen-bond donors (Lipinski definition) is 2. The maximum absolute atomic E-state index is 12.9. The second-order valence-electron chi connectivity index (χ2n) is 9.28. The molecule has 198 valence electrons. The van der Waals surface area contributed by atoms with E-state index in [1.807, 2.05) is 53.1 Å². The molecule has 2 aromatic carbocycles. The molecule has 5 aromatic rings. The summed E-state index contributed by atoms with van der Waals surface area (Å²) in [6, 6.07) is 16.8. The van der Waals surface area contributed by atoms with Gasteiger partial charge in [0.25, 0.3) is 17.7 Å². The topological polar surface area (TPSA) is 137 Å². The van der Waals surface area contributed by atoms with Crippen LogP contribution in [0.15, 0.2) is 63.6 Å². The van der Waals surface area contributed by atoms with Crippen LogP contribution in [0.2, 0.25) is 5.02 Å². The van der Waals surface area contributed by atoms with Gasteiger partial charge >= 0.3 is 0 Å². The molecule has 1 aliphatic rings. The Morgan fingerprint density at radius 3 is 2.54 bits per heavy atom. The number of amides is 2. The van der Waals surface area contributed by atoms with Gasteiger partial charge in [-0.2, -0.15) is 4.98 Å². The van der Waals surface area contributed by atoms with E-state index in [2.05, 4.69) is 25.9 Å². The van der Waals surface area contributed by atoms with Crippen molar-refractivity contribution in [3.63, 3.8) is 0 Å². The van der Waals surface area contributed by atoms with Gasteiger partial charge < -0.3 is 29.0 Å². The molecule has 1 saturated carbocycles. The van der Waals surface area contributed by atoms with Crippen LogP contribution < -0.4 is 15.4 Å². The third-order valence-corrected chi connectivity index (χ3v) is 7.03. The van der Waals surface area contributed by atoms with Crippen LogP contribution in [0, 0.1) is 6.92 Å². The molecule has 3 heterocycles. The summed E-state index contributed by atoms with van der Waals surface area (Å²) >= 11 is 6.76.